The number of carbonyl (C=O) groups is 2. The number of aromatic nitrogens is 1. The van der Waals surface area contributed by atoms with E-state index in [0.717, 1.165) is 0 Å². The summed E-state index contributed by atoms with van der Waals surface area (Å²) in [5.74, 6) is 0.324. The minimum atomic E-state index is -0.344. The first-order valence-corrected chi connectivity index (χ1v) is 6.00. The second kappa shape index (κ2) is 8.73. The Labute approximate surface area is 111 Å². The van der Waals surface area contributed by atoms with Crippen LogP contribution >= 0.6 is 0 Å². The quantitative estimate of drug-likeness (QED) is 0.390. The lowest BCUT2D eigenvalue weighted by Crippen LogP contribution is -2.39. The molecule has 1 aromatic heterocycles. The van der Waals surface area contributed by atoms with Gasteiger partial charge in [-0.1, -0.05) is 6.07 Å². The van der Waals surface area contributed by atoms with Gasteiger partial charge < -0.3 is 10.1 Å². The largest absolute Gasteiger partial charge is 0.469 e. The fourth-order valence-corrected chi connectivity index (χ4v) is 1.30. The first-order chi connectivity index (χ1) is 9.22. The summed E-state index contributed by atoms with van der Waals surface area (Å²) in [6.45, 7) is 0.493. The Kier molecular flexibility index (Phi) is 6.78. The summed E-state index contributed by atoms with van der Waals surface area (Å²) in [6.07, 6.45) is 3.38. The fourth-order valence-electron chi connectivity index (χ4n) is 1.30. The number of nitrogens with zero attached hydrogens (tertiary/aromatic N) is 1. The zero-order valence-electron chi connectivity index (χ0n) is 10.8. The molecule has 0 aliphatic heterocycles. The van der Waals surface area contributed by atoms with Gasteiger partial charge in [0, 0.05) is 19.2 Å². The molecule has 2 amide bonds. The summed E-state index contributed by atoms with van der Waals surface area (Å²) in [6, 6.07) is 4.98. The number of urea groups is 1. The molecule has 0 aromatic carbocycles. The van der Waals surface area contributed by atoms with Crippen LogP contribution in [0.3, 0.4) is 0 Å². The maximum Gasteiger partial charge on any atom is 0.333 e. The molecule has 1 heterocycles. The third kappa shape index (κ3) is 6.87. The number of rotatable bonds is 7. The van der Waals surface area contributed by atoms with Crippen molar-refractivity contribution in [2.45, 2.75) is 19.3 Å². The number of unbranched alkanes of at least 4 members (excludes halogenated alkanes) is 1. The van der Waals surface area contributed by atoms with E-state index < -0.39 is 0 Å². The van der Waals surface area contributed by atoms with Gasteiger partial charge in [-0.2, -0.15) is 0 Å². The lowest BCUT2D eigenvalue weighted by Gasteiger charge is -2.08. The predicted octanol–water partition coefficient (Wildman–Crippen LogP) is 1.05. The number of hydrogen-bond acceptors (Lipinski definition) is 5. The van der Waals surface area contributed by atoms with Crippen molar-refractivity contribution in [3.63, 3.8) is 0 Å². The van der Waals surface area contributed by atoms with E-state index in [-0.39, 0.29) is 12.0 Å². The van der Waals surface area contributed by atoms with Gasteiger partial charge in [-0.3, -0.25) is 15.6 Å². The third-order valence-electron chi connectivity index (χ3n) is 2.29. The molecule has 3 N–H and O–H groups in total. The summed E-state index contributed by atoms with van der Waals surface area (Å²) in [5, 5.41) is 2.65. The number of nitrogens with one attached hydrogen (secondary N) is 3. The average molecular weight is 266 g/mol. The second-order valence-electron chi connectivity index (χ2n) is 3.75. The van der Waals surface area contributed by atoms with E-state index in [9.17, 15) is 9.59 Å². The molecule has 7 heteroatoms. The van der Waals surface area contributed by atoms with Crippen LogP contribution < -0.4 is 16.2 Å². The predicted molar refractivity (Wildman–Crippen MR) is 70.3 cm³/mol. The van der Waals surface area contributed by atoms with Crippen LogP contribution in [0.2, 0.25) is 0 Å². The van der Waals surface area contributed by atoms with Crippen LogP contribution in [0, 0.1) is 0 Å². The molecule has 7 nitrogen and oxygen atoms in total. The zero-order valence-corrected chi connectivity index (χ0v) is 10.8. The summed E-state index contributed by atoms with van der Waals surface area (Å²) >= 11 is 0. The van der Waals surface area contributed by atoms with Crippen molar-refractivity contribution < 1.29 is 14.3 Å². The number of amides is 2. The van der Waals surface area contributed by atoms with Crippen LogP contribution in [0.5, 0.6) is 0 Å². The average Bonchev–Trinajstić information content (AvgIpc) is 2.45. The molecule has 0 spiro atoms. The van der Waals surface area contributed by atoms with Crippen molar-refractivity contribution in [3.8, 4) is 0 Å². The van der Waals surface area contributed by atoms with E-state index in [2.05, 4.69) is 25.9 Å². The number of hydrazine groups is 1. The zero-order chi connectivity index (χ0) is 13.9. The Morgan fingerprint density at radius 2 is 2.16 bits per heavy atom. The van der Waals surface area contributed by atoms with Crippen molar-refractivity contribution in [1.82, 2.24) is 15.7 Å². The second-order valence-corrected chi connectivity index (χ2v) is 3.75. The normalized spacial score (nSPS) is 9.53. The molecule has 0 radical (unpaired) electrons. The Balaban J connectivity index is 2.04. The van der Waals surface area contributed by atoms with Crippen molar-refractivity contribution in [2.24, 2.45) is 0 Å². The van der Waals surface area contributed by atoms with Crippen molar-refractivity contribution in [3.05, 3.63) is 24.4 Å². The monoisotopic (exact) mass is 266 g/mol. The summed E-state index contributed by atoms with van der Waals surface area (Å²) < 4.78 is 4.51. The van der Waals surface area contributed by atoms with E-state index in [1.807, 2.05) is 6.07 Å². The Bertz CT molecular complexity index is 397. The molecular weight excluding hydrogens is 248 g/mol. The topological polar surface area (TPSA) is 92.3 Å². The highest BCUT2D eigenvalue weighted by atomic mass is 16.5. The molecule has 104 valence electrons. The molecular formula is C12H18N4O3. The third-order valence-corrected chi connectivity index (χ3v) is 2.29. The molecule has 0 unspecified atom stereocenters. The Morgan fingerprint density at radius 3 is 2.84 bits per heavy atom. The lowest BCUT2D eigenvalue weighted by atomic mass is 10.2. The van der Waals surface area contributed by atoms with Gasteiger partial charge in [-0.25, -0.2) is 9.78 Å². The molecule has 1 aromatic rings. The van der Waals surface area contributed by atoms with Gasteiger partial charge >= 0.3 is 12.0 Å². The SMILES string of the molecule is COC(=O)CCCCNC(=O)NNc1ccccn1. The number of carbonyl (C=O) groups excluding carboxylic acids is 2. The van der Waals surface area contributed by atoms with Gasteiger partial charge in [0.05, 0.1) is 7.11 Å². The molecule has 0 bridgehead atoms. The first kappa shape index (κ1) is 14.7. The van der Waals surface area contributed by atoms with E-state index in [1.165, 1.54) is 7.11 Å². The Morgan fingerprint density at radius 1 is 1.32 bits per heavy atom. The Hall–Kier alpha value is -2.31. The van der Waals surface area contributed by atoms with Gasteiger partial charge in [0.2, 0.25) is 0 Å². The van der Waals surface area contributed by atoms with Gasteiger partial charge in [-0.05, 0) is 25.0 Å². The van der Waals surface area contributed by atoms with Gasteiger partial charge in [-0.15, -0.1) is 0 Å². The van der Waals surface area contributed by atoms with Gasteiger partial charge in [0.1, 0.15) is 5.82 Å². The van der Waals surface area contributed by atoms with Crippen molar-refractivity contribution in [2.75, 3.05) is 19.1 Å². The smallest absolute Gasteiger partial charge is 0.333 e. The number of esters is 1. The molecule has 19 heavy (non-hydrogen) atoms. The van der Waals surface area contributed by atoms with Crippen LogP contribution in [-0.2, 0) is 9.53 Å². The molecule has 0 saturated carbocycles. The fraction of sp³-hybridized carbons (Fsp3) is 0.417. The number of hydrogen-bond donors (Lipinski definition) is 3. The van der Waals surface area contributed by atoms with E-state index in [4.69, 9.17) is 0 Å². The van der Waals surface area contributed by atoms with Crippen LogP contribution in [0.1, 0.15) is 19.3 Å². The van der Waals surface area contributed by atoms with E-state index >= 15 is 0 Å². The molecule has 0 aliphatic carbocycles. The number of methoxy groups -OCH3 is 1. The van der Waals surface area contributed by atoms with Gasteiger partial charge in [0.25, 0.3) is 0 Å². The summed E-state index contributed by atoms with van der Waals surface area (Å²) in [7, 11) is 1.36. The highest BCUT2D eigenvalue weighted by molar-refractivity contribution is 5.75. The summed E-state index contributed by atoms with van der Waals surface area (Å²) in [5.41, 5.74) is 5.12. The maximum atomic E-state index is 11.4. The number of pyridine rings is 1. The first-order valence-electron chi connectivity index (χ1n) is 6.00. The van der Waals surface area contributed by atoms with Crippen molar-refractivity contribution in [1.29, 1.82) is 0 Å². The van der Waals surface area contributed by atoms with Crippen molar-refractivity contribution >= 4 is 17.8 Å². The van der Waals surface area contributed by atoms with E-state index in [0.29, 0.717) is 31.6 Å². The molecule has 0 aliphatic rings. The molecule has 0 saturated heterocycles. The minimum absolute atomic E-state index is 0.235. The standard InChI is InChI=1S/C12H18N4O3/c1-19-11(17)7-3-5-9-14-12(18)16-15-10-6-2-4-8-13-10/h2,4,6,8H,3,5,7,9H2,1H3,(H,13,15)(H2,14,16,18). The van der Waals surface area contributed by atoms with Crippen LogP contribution in [0.25, 0.3) is 0 Å². The number of anilines is 1. The van der Waals surface area contributed by atoms with E-state index in [1.54, 1.807) is 18.3 Å². The molecule has 1 rings (SSSR count). The van der Waals surface area contributed by atoms with Crippen LogP contribution in [0.15, 0.2) is 24.4 Å². The van der Waals surface area contributed by atoms with Crippen LogP contribution in [-0.4, -0.2) is 30.6 Å². The molecule has 0 fully saturated rings. The summed E-state index contributed by atoms with van der Waals surface area (Å²) in [4.78, 5) is 26.2. The molecule has 0 atom stereocenters. The highest BCUT2D eigenvalue weighted by Gasteiger charge is 2.01. The van der Waals surface area contributed by atoms with Crippen LogP contribution in [0.4, 0.5) is 10.6 Å². The lowest BCUT2D eigenvalue weighted by molar-refractivity contribution is -0.140. The van der Waals surface area contributed by atoms with Gasteiger partial charge in [0.15, 0.2) is 0 Å². The minimum Gasteiger partial charge on any atom is -0.469 e. The maximum absolute atomic E-state index is 11.4. The number of ether oxygens (including phenoxy) is 1. The highest BCUT2D eigenvalue weighted by Crippen LogP contribution is 1.97.